The zero-order chi connectivity index (χ0) is 14.1. The van der Waals surface area contributed by atoms with Crippen LogP contribution in [-0.4, -0.2) is 47.8 Å². The molecule has 19 heavy (non-hydrogen) atoms. The lowest BCUT2D eigenvalue weighted by atomic mass is 10.2. The first kappa shape index (κ1) is 15.4. The van der Waals surface area contributed by atoms with E-state index < -0.39 is 0 Å². The molecule has 104 valence electrons. The Bertz CT molecular complexity index is 409. The average molecular weight is 261 g/mol. The van der Waals surface area contributed by atoms with Gasteiger partial charge in [0, 0.05) is 13.1 Å². The van der Waals surface area contributed by atoms with Crippen LogP contribution in [0.1, 0.15) is 32.8 Å². The van der Waals surface area contributed by atoms with Gasteiger partial charge in [0.1, 0.15) is 6.07 Å². The third kappa shape index (κ3) is 4.49. The van der Waals surface area contributed by atoms with Crippen LogP contribution in [0.2, 0.25) is 0 Å². The van der Waals surface area contributed by atoms with Crippen LogP contribution < -0.4 is 4.90 Å². The molecule has 0 saturated carbocycles. The van der Waals surface area contributed by atoms with E-state index >= 15 is 0 Å². The summed E-state index contributed by atoms with van der Waals surface area (Å²) in [6.07, 6.45) is 2.63. The number of hydrogen-bond acceptors (Lipinski definition) is 5. The minimum Gasteiger partial charge on any atom is -0.354 e. The second kappa shape index (κ2) is 8.44. The molecule has 0 N–H and O–H groups in total. The monoisotopic (exact) mass is 261 g/mol. The molecule has 5 nitrogen and oxygen atoms in total. The van der Waals surface area contributed by atoms with Gasteiger partial charge in [-0.15, -0.1) is 5.10 Å². The normalized spacial score (nSPS) is 10.5. The van der Waals surface area contributed by atoms with Crippen molar-refractivity contribution in [2.45, 2.75) is 27.2 Å². The van der Waals surface area contributed by atoms with Crippen molar-refractivity contribution in [3.8, 4) is 6.07 Å². The molecule has 1 aromatic heterocycles. The van der Waals surface area contributed by atoms with E-state index in [2.05, 4.69) is 46.8 Å². The highest BCUT2D eigenvalue weighted by Gasteiger charge is 2.11. The number of aromatic nitrogens is 2. The van der Waals surface area contributed by atoms with Crippen LogP contribution in [0.15, 0.2) is 12.3 Å². The van der Waals surface area contributed by atoms with Crippen molar-refractivity contribution in [3.05, 3.63) is 17.8 Å². The van der Waals surface area contributed by atoms with Gasteiger partial charge >= 0.3 is 0 Å². The second-order valence-corrected chi connectivity index (χ2v) is 4.34. The first-order valence-electron chi connectivity index (χ1n) is 6.95. The molecular weight excluding hydrogens is 238 g/mol. The lowest BCUT2D eigenvalue weighted by Gasteiger charge is -2.24. The van der Waals surface area contributed by atoms with Crippen molar-refractivity contribution in [1.82, 2.24) is 15.1 Å². The lowest BCUT2D eigenvalue weighted by molar-refractivity contribution is 0.300. The van der Waals surface area contributed by atoms with E-state index in [0.717, 1.165) is 39.1 Å². The summed E-state index contributed by atoms with van der Waals surface area (Å²) >= 11 is 0. The van der Waals surface area contributed by atoms with Crippen LogP contribution in [0.3, 0.4) is 0 Å². The number of nitrogens with zero attached hydrogens (tertiary/aromatic N) is 5. The second-order valence-electron chi connectivity index (χ2n) is 4.34. The molecule has 0 radical (unpaired) electrons. The zero-order valence-corrected chi connectivity index (χ0v) is 12.1. The molecule has 0 spiro atoms. The van der Waals surface area contributed by atoms with Crippen molar-refractivity contribution >= 4 is 5.82 Å². The van der Waals surface area contributed by atoms with Crippen LogP contribution in [0.25, 0.3) is 0 Å². The van der Waals surface area contributed by atoms with Crippen LogP contribution in [0.4, 0.5) is 5.82 Å². The van der Waals surface area contributed by atoms with Crippen LogP contribution >= 0.6 is 0 Å². The highest BCUT2D eigenvalue weighted by Crippen LogP contribution is 2.15. The standard InChI is InChI=1S/C14H23N5/c1-4-18(5-2)10-7-11-19(6-3)14-13(12-15)8-9-16-17-14/h8-9H,4-7,10-11H2,1-3H3. The van der Waals surface area contributed by atoms with Crippen LogP contribution in [0.5, 0.6) is 0 Å². The smallest absolute Gasteiger partial charge is 0.169 e. The first-order chi connectivity index (χ1) is 9.26. The third-order valence-corrected chi connectivity index (χ3v) is 3.30. The quantitative estimate of drug-likeness (QED) is 0.715. The molecule has 0 aliphatic carbocycles. The predicted octanol–water partition coefficient (Wildman–Crippen LogP) is 1.91. The van der Waals surface area contributed by atoms with Gasteiger partial charge < -0.3 is 9.80 Å². The first-order valence-corrected chi connectivity index (χ1v) is 6.95. The van der Waals surface area contributed by atoms with Crippen LogP contribution in [-0.2, 0) is 0 Å². The molecule has 0 unspecified atom stereocenters. The lowest BCUT2D eigenvalue weighted by Crippen LogP contribution is -2.31. The van der Waals surface area contributed by atoms with Crippen molar-refractivity contribution in [3.63, 3.8) is 0 Å². The van der Waals surface area contributed by atoms with Gasteiger partial charge in [-0.25, -0.2) is 0 Å². The number of hydrogen-bond donors (Lipinski definition) is 0. The number of rotatable bonds is 8. The molecule has 1 aromatic rings. The number of anilines is 1. The summed E-state index contributed by atoms with van der Waals surface area (Å²) in [6.45, 7) is 11.4. The Morgan fingerprint density at radius 1 is 1.16 bits per heavy atom. The Morgan fingerprint density at radius 2 is 1.89 bits per heavy atom. The van der Waals surface area contributed by atoms with Crippen molar-refractivity contribution in [1.29, 1.82) is 5.26 Å². The average Bonchev–Trinajstić information content (AvgIpc) is 2.48. The fourth-order valence-electron chi connectivity index (χ4n) is 2.08. The molecule has 1 rings (SSSR count). The topological polar surface area (TPSA) is 56.1 Å². The third-order valence-electron chi connectivity index (χ3n) is 3.30. The Morgan fingerprint density at radius 3 is 2.47 bits per heavy atom. The van der Waals surface area contributed by atoms with Gasteiger partial charge in [-0.2, -0.15) is 10.4 Å². The van der Waals surface area contributed by atoms with Crippen molar-refractivity contribution in [2.75, 3.05) is 37.6 Å². The minimum atomic E-state index is 0.597. The summed E-state index contributed by atoms with van der Waals surface area (Å²) < 4.78 is 0. The molecule has 0 aliphatic rings. The molecule has 0 atom stereocenters. The zero-order valence-electron chi connectivity index (χ0n) is 12.1. The van der Waals surface area contributed by atoms with E-state index in [1.165, 1.54) is 0 Å². The molecule has 0 saturated heterocycles. The van der Waals surface area contributed by atoms with Crippen LogP contribution in [0, 0.1) is 11.3 Å². The summed E-state index contributed by atoms with van der Waals surface area (Å²) in [4.78, 5) is 4.52. The molecule has 0 fully saturated rings. The molecule has 0 bridgehead atoms. The summed E-state index contributed by atoms with van der Waals surface area (Å²) in [5, 5.41) is 17.1. The van der Waals surface area contributed by atoms with Gasteiger partial charge in [-0.1, -0.05) is 13.8 Å². The predicted molar refractivity (Wildman–Crippen MR) is 77.0 cm³/mol. The van der Waals surface area contributed by atoms with Gasteiger partial charge in [0.2, 0.25) is 0 Å². The maximum Gasteiger partial charge on any atom is 0.169 e. The molecular formula is C14H23N5. The molecule has 0 amide bonds. The van der Waals surface area contributed by atoms with E-state index in [0.29, 0.717) is 11.4 Å². The van der Waals surface area contributed by atoms with E-state index in [1.807, 2.05) is 0 Å². The molecule has 5 heteroatoms. The van der Waals surface area contributed by atoms with E-state index in [-0.39, 0.29) is 0 Å². The van der Waals surface area contributed by atoms with Crippen molar-refractivity contribution < 1.29 is 0 Å². The molecule has 0 aromatic carbocycles. The van der Waals surface area contributed by atoms with Gasteiger partial charge in [-0.3, -0.25) is 0 Å². The SMILES string of the molecule is CCN(CC)CCCN(CC)c1nnccc1C#N. The Hall–Kier alpha value is -1.67. The van der Waals surface area contributed by atoms with Gasteiger partial charge in [0.15, 0.2) is 5.82 Å². The largest absolute Gasteiger partial charge is 0.354 e. The summed E-state index contributed by atoms with van der Waals surface area (Å²) in [6, 6.07) is 3.89. The summed E-state index contributed by atoms with van der Waals surface area (Å²) in [5.74, 6) is 0.701. The molecule has 1 heterocycles. The van der Waals surface area contributed by atoms with E-state index in [4.69, 9.17) is 5.26 Å². The van der Waals surface area contributed by atoms with Gasteiger partial charge in [0.25, 0.3) is 0 Å². The maximum atomic E-state index is 9.10. The minimum absolute atomic E-state index is 0.597. The Balaban J connectivity index is 2.61. The molecule has 0 aliphatic heterocycles. The number of nitriles is 1. The van der Waals surface area contributed by atoms with Gasteiger partial charge in [0.05, 0.1) is 11.8 Å². The fraction of sp³-hybridized carbons (Fsp3) is 0.643. The van der Waals surface area contributed by atoms with E-state index in [1.54, 1.807) is 12.3 Å². The van der Waals surface area contributed by atoms with E-state index in [9.17, 15) is 0 Å². The summed E-state index contributed by atoms with van der Waals surface area (Å²) in [5.41, 5.74) is 0.597. The summed E-state index contributed by atoms with van der Waals surface area (Å²) in [7, 11) is 0. The highest BCUT2D eigenvalue weighted by molar-refractivity contribution is 5.52. The maximum absolute atomic E-state index is 9.10. The van der Waals surface area contributed by atoms with Gasteiger partial charge in [-0.05, 0) is 39.0 Å². The fourth-order valence-corrected chi connectivity index (χ4v) is 2.08. The van der Waals surface area contributed by atoms with Crippen molar-refractivity contribution in [2.24, 2.45) is 0 Å². The Labute approximate surface area is 115 Å². The Kier molecular flexibility index (Phi) is 6.83. The highest BCUT2D eigenvalue weighted by atomic mass is 15.3.